The van der Waals surface area contributed by atoms with E-state index in [1.807, 2.05) is 0 Å². The molecule has 0 bridgehead atoms. The molecule has 0 atom stereocenters. The summed E-state index contributed by atoms with van der Waals surface area (Å²) in [5, 5.41) is 7.17. The Labute approximate surface area is 169 Å². The smallest absolute Gasteiger partial charge is 0.338 e. The van der Waals surface area contributed by atoms with Crippen molar-refractivity contribution in [3.63, 3.8) is 0 Å². The van der Waals surface area contributed by atoms with Crippen molar-refractivity contribution in [2.75, 3.05) is 17.2 Å². The molecule has 0 radical (unpaired) electrons. The van der Waals surface area contributed by atoms with Gasteiger partial charge >= 0.3 is 5.97 Å². The molecule has 0 spiro atoms. The summed E-state index contributed by atoms with van der Waals surface area (Å²) < 4.78 is 18.0. The van der Waals surface area contributed by atoms with E-state index in [4.69, 9.17) is 4.74 Å². The number of esters is 1. The molecule has 29 heavy (non-hydrogen) atoms. The molecule has 9 heteroatoms. The average Bonchev–Trinajstić information content (AvgIpc) is 3.14. The fourth-order valence-electron chi connectivity index (χ4n) is 2.38. The van der Waals surface area contributed by atoms with Crippen LogP contribution >= 0.6 is 11.3 Å². The first-order valence-corrected chi connectivity index (χ1v) is 9.35. The molecule has 3 rings (SSSR count). The van der Waals surface area contributed by atoms with E-state index in [1.54, 1.807) is 29.6 Å². The third-order valence-electron chi connectivity index (χ3n) is 3.64. The van der Waals surface area contributed by atoms with Gasteiger partial charge in [0.1, 0.15) is 5.82 Å². The van der Waals surface area contributed by atoms with Gasteiger partial charge in [-0.2, -0.15) is 0 Å². The molecule has 1 heterocycles. The Balaban J connectivity index is 1.54. The molecular formula is C20H16FN3O4S. The number of carbonyl (C=O) groups is 3. The van der Waals surface area contributed by atoms with Gasteiger partial charge in [-0.1, -0.05) is 6.07 Å². The highest BCUT2D eigenvalue weighted by molar-refractivity contribution is 7.14. The highest BCUT2D eigenvalue weighted by Gasteiger charge is 2.13. The lowest BCUT2D eigenvalue weighted by molar-refractivity contribution is -0.119. The lowest BCUT2D eigenvalue weighted by Crippen LogP contribution is -2.21. The Morgan fingerprint density at radius 1 is 1.10 bits per heavy atom. The lowest BCUT2D eigenvalue weighted by atomic mass is 10.2. The van der Waals surface area contributed by atoms with Gasteiger partial charge in [0.15, 0.2) is 11.7 Å². The van der Waals surface area contributed by atoms with Crippen LogP contribution in [0.2, 0.25) is 0 Å². The Morgan fingerprint density at radius 3 is 2.59 bits per heavy atom. The number of halogens is 1. The van der Waals surface area contributed by atoms with Crippen LogP contribution in [0.5, 0.6) is 0 Å². The number of rotatable bonds is 6. The second-order valence-corrected chi connectivity index (χ2v) is 6.79. The summed E-state index contributed by atoms with van der Waals surface area (Å²) in [7, 11) is 0. The molecule has 148 valence electrons. The van der Waals surface area contributed by atoms with Crippen molar-refractivity contribution in [3.05, 3.63) is 65.3 Å². The third-order valence-corrected chi connectivity index (χ3v) is 4.40. The van der Waals surface area contributed by atoms with Crippen molar-refractivity contribution >= 4 is 39.9 Å². The Morgan fingerprint density at radius 2 is 1.86 bits per heavy atom. The minimum atomic E-state index is -0.696. The zero-order chi connectivity index (χ0) is 20.8. The molecule has 2 amide bonds. The minimum absolute atomic E-state index is 0.205. The Hall–Kier alpha value is -3.59. The van der Waals surface area contributed by atoms with E-state index in [9.17, 15) is 18.8 Å². The topological polar surface area (TPSA) is 97.4 Å². The highest BCUT2D eigenvalue weighted by atomic mass is 32.1. The summed E-state index contributed by atoms with van der Waals surface area (Å²) in [5.41, 5.74) is 1.97. The zero-order valence-electron chi connectivity index (χ0n) is 15.3. The third kappa shape index (κ3) is 5.69. The number of nitrogens with one attached hydrogen (secondary N) is 2. The van der Waals surface area contributed by atoms with E-state index in [0.717, 1.165) is 0 Å². The number of benzene rings is 2. The number of hydrogen-bond acceptors (Lipinski definition) is 6. The van der Waals surface area contributed by atoms with Crippen LogP contribution in [0, 0.1) is 5.82 Å². The predicted octanol–water partition coefficient (Wildman–Crippen LogP) is 3.70. The maximum absolute atomic E-state index is 13.0. The van der Waals surface area contributed by atoms with Gasteiger partial charge in [-0.3, -0.25) is 14.9 Å². The van der Waals surface area contributed by atoms with Crippen molar-refractivity contribution in [2.24, 2.45) is 0 Å². The maximum atomic E-state index is 13.0. The molecule has 2 aromatic carbocycles. The zero-order valence-corrected chi connectivity index (χ0v) is 16.1. The average molecular weight is 413 g/mol. The molecule has 3 aromatic rings. The molecule has 0 saturated carbocycles. The van der Waals surface area contributed by atoms with Gasteiger partial charge in [-0.25, -0.2) is 14.2 Å². The summed E-state index contributed by atoms with van der Waals surface area (Å²) in [4.78, 5) is 39.5. The monoisotopic (exact) mass is 413 g/mol. The van der Waals surface area contributed by atoms with Crippen LogP contribution in [-0.4, -0.2) is 29.4 Å². The van der Waals surface area contributed by atoms with Crippen LogP contribution in [0.4, 0.5) is 15.2 Å². The van der Waals surface area contributed by atoms with Crippen LogP contribution in [0.15, 0.2) is 53.9 Å². The first kappa shape index (κ1) is 20.2. The van der Waals surface area contributed by atoms with Crippen molar-refractivity contribution in [1.29, 1.82) is 0 Å². The standard InChI is InChI=1S/C20H16FN3O4S/c1-12(25)22-16-4-2-3-14(9-16)19(27)28-10-18(26)24-20-23-17(11-29-20)13-5-7-15(21)8-6-13/h2-9,11H,10H2,1H3,(H,22,25)(H,23,24,26). The van der Waals surface area contributed by atoms with E-state index < -0.39 is 18.5 Å². The molecule has 0 aliphatic carbocycles. The van der Waals surface area contributed by atoms with Crippen LogP contribution in [0.3, 0.4) is 0 Å². The van der Waals surface area contributed by atoms with Gasteiger partial charge in [0.25, 0.3) is 5.91 Å². The van der Waals surface area contributed by atoms with E-state index in [-0.39, 0.29) is 17.3 Å². The quantitative estimate of drug-likeness (QED) is 0.601. The van der Waals surface area contributed by atoms with E-state index in [2.05, 4.69) is 15.6 Å². The first-order chi connectivity index (χ1) is 13.9. The van der Waals surface area contributed by atoms with Crippen molar-refractivity contribution in [2.45, 2.75) is 6.92 Å². The summed E-state index contributed by atoms with van der Waals surface area (Å²) in [6.07, 6.45) is 0. The number of amides is 2. The molecule has 7 nitrogen and oxygen atoms in total. The highest BCUT2D eigenvalue weighted by Crippen LogP contribution is 2.25. The molecule has 1 aromatic heterocycles. The number of carbonyl (C=O) groups excluding carboxylic acids is 3. The van der Waals surface area contributed by atoms with Crippen molar-refractivity contribution < 1.29 is 23.5 Å². The fraction of sp³-hybridized carbons (Fsp3) is 0.100. The van der Waals surface area contributed by atoms with Crippen molar-refractivity contribution in [1.82, 2.24) is 4.98 Å². The normalized spacial score (nSPS) is 10.3. The number of thiazole rings is 1. The fourth-order valence-corrected chi connectivity index (χ4v) is 3.12. The summed E-state index contributed by atoms with van der Waals surface area (Å²) in [5.74, 6) is -1.85. The Bertz CT molecular complexity index is 1050. The van der Waals surface area contributed by atoms with E-state index in [1.165, 1.54) is 42.5 Å². The van der Waals surface area contributed by atoms with Crippen LogP contribution in [-0.2, 0) is 14.3 Å². The summed E-state index contributed by atoms with van der Waals surface area (Å²) in [6, 6.07) is 12.0. The van der Waals surface area contributed by atoms with Gasteiger partial charge in [-0.05, 0) is 42.5 Å². The summed E-state index contributed by atoms with van der Waals surface area (Å²) in [6.45, 7) is 0.865. The minimum Gasteiger partial charge on any atom is -0.452 e. The second-order valence-electron chi connectivity index (χ2n) is 5.93. The van der Waals surface area contributed by atoms with E-state index in [0.29, 0.717) is 22.1 Å². The van der Waals surface area contributed by atoms with Crippen LogP contribution in [0.1, 0.15) is 17.3 Å². The lowest BCUT2D eigenvalue weighted by Gasteiger charge is -2.07. The molecule has 0 fully saturated rings. The van der Waals surface area contributed by atoms with Gasteiger partial charge in [0.2, 0.25) is 5.91 Å². The van der Waals surface area contributed by atoms with Gasteiger partial charge in [-0.15, -0.1) is 11.3 Å². The van der Waals surface area contributed by atoms with E-state index >= 15 is 0 Å². The number of ether oxygens (including phenoxy) is 1. The number of nitrogens with zero attached hydrogens (tertiary/aromatic N) is 1. The van der Waals surface area contributed by atoms with Crippen molar-refractivity contribution in [3.8, 4) is 11.3 Å². The molecule has 2 N–H and O–H groups in total. The Kier molecular flexibility index (Phi) is 6.30. The largest absolute Gasteiger partial charge is 0.452 e. The molecule has 0 saturated heterocycles. The second kappa shape index (κ2) is 9.07. The maximum Gasteiger partial charge on any atom is 0.338 e. The number of anilines is 2. The summed E-state index contributed by atoms with van der Waals surface area (Å²) >= 11 is 1.20. The number of hydrogen-bond donors (Lipinski definition) is 2. The molecule has 0 aliphatic heterocycles. The van der Waals surface area contributed by atoms with Crippen LogP contribution < -0.4 is 10.6 Å². The van der Waals surface area contributed by atoms with Crippen LogP contribution in [0.25, 0.3) is 11.3 Å². The predicted molar refractivity (Wildman–Crippen MR) is 107 cm³/mol. The molecular weight excluding hydrogens is 397 g/mol. The van der Waals surface area contributed by atoms with Gasteiger partial charge < -0.3 is 10.1 Å². The molecule has 0 aliphatic rings. The number of aromatic nitrogens is 1. The van der Waals surface area contributed by atoms with Gasteiger partial charge in [0.05, 0.1) is 11.3 Å². The molecule has 0 unspecified atom stereocenters. The van der Waals surface area contributed by atoms with Gasteiger partial charge in [0, 0.05) is 23.6 Å². The SMILES string of the molecule is CC(=O)Nc1cccc(C(=O)OCC(=O)Nc2nc(-c3ccc(F)cc3)cs2)c1. The first-order valence-electron chi connectivity index (χ1n) is 8.47.